The first-order chi connectivity index (χ1) is 41.1. The van der Waals surface area contributed by atoms with Gasteiger partial charge in [-0.3, -0.25) is 19.2 Å². The van der Waals surface area contributed by atoms with Gasteiger partial charge in [0.25, 0.3) is 11.1 Å². The maximum atomic E-state index is 13.7. The molecule has 0 aliphatic carbocycles. The van der Waals surface area contributed by atoms with E-state index in [1.54, 1.807) is 151 Å². The lowest BCUT2D eigenvalue weighted by atomic mass is 10.0. The molecule has 0 spiro atoms. The summed E-state index contributed by atoms with van der Waals surface area (Å²) in [7, 11) is 0. The number of amides is 2. The van der Waals surface area contributed by atoms with E-state index < -0.39 is 35.2 Å². The van der Waals surface area contributed by atoms with E-state index in [0.29, 0.717) is 66.2 Å². The molecule has 0 unspecified atom stereocenters. The summed E-state index contributed by atoms with van der Waals surface area (Å²) in [5.41, 5.74) is 5.20. The lowest BCUT2D eigenvalue weighted by Gasteiger charge is -2.21. The molecular formula is C64H58Cl2N12O8. The smallest absolute Gasteiger partial charge is 0.338 e. The molecule has 0 radical (unpaired) electrons. The average molecular weight is 1190 g/mol. The zero-order valence-electron chi connectivity index (χ0n) is 47.5. The average Bonchev–Trinajstić information content (AvgIpc) is 3.56. The highest BCUT2D eigenvalue weighted by Crippen LogP contribution is 2.31. The van der Waals surface area contributed by atoms with E-state index in [4.69, 9.17) is 32.7 Å². The number of carbonyl (C=O) groups is 4. The minimum absolute atomic E-state index is 0.273. The molecule has 22 heteroatoms. The minimum Gasteiger partial charge on any atom is -0.456 e. The molecule has 2 amide bonds. The van der Waals surface area contributed by atoms with Crippen LogP contribution in [0.15, 0.2) is 204 Å². The molecule has 20 nitrogen and oxygen atoms in total. The number of aromatic nitrogens is 10. The van der Waals surface area contributed by atoms with Crippen LogP contribution >= 0.6 is 23.2 Å². The number of nitrogens with one attached hydrogen (secondary N) is 2. The Bertz CT molecular complexity index is 3860. The van der Waals surface area contributed by atoms with Crippen LogP contribution in [0, 0.1) is 0 Å². The van der Waals surface area contributed by atoms with Gasteiger partial charge in [-0.1, -0.05) is 83.9 Å². The number of esters is 2. The Morgan fingerprint density at radius 3 is 1.19 bits per heavy atom. The van der Waals surface area contributed by atoms with Crippen molar-refractivity contribution < 1.29 is 28.7 Å². The molecule has 0 aliphatic heterocycles. The van der Waals surface area contributed by atoms with Gasteiger partial charge in [-0.2, -0.15) is 9.36 Å². The van der Waals surface area contributed by atoms with Gasteiger partial charge in [0.15, 0.2) is 0 Å². The summed E-state index contributed by atoms with van der Waals surface area (Å²) in [5, 5.41) is 29.5. The molecule has 0 saturated heterocycles. The number of carbonyl (C=O) groups excluding carboxylic acids is 4. The minimum atomic E-state index is -0.868. The molecule has 4 aromatic heterocycles. The maximum Gasteiger partial charge on any atom is 0.338 e. The third-order valence-electron chi connectivity index (χ3n) is 13.0. The van der Waals surface area contributed by atoms with Gasteiger partial charge in [0.2, 0.25) is 11.8 Å². The van der Waals surface area contributed by atoms with Crippen molar-refractivity contribution in [3.63, 3.8) is 0 Å². The van der Waals surface area contributed by atoms with Gasteiger partial charge in [0, 0.05) is 69.9 Å². The van der Waals surface area contributed by atoms with E-state index in [1.807, 2.05) is 60.7 Å². The highest BCUT2D eigenvalue weighted by Gasteiger charge is 2.26. The molecule has 0 bridgehead atoms. The molecule has 0 saturated carbocycles. The van der Waals surface area contributed by atoms with Gasteiger partial charge >= 0.3 is 11.9 Å². The van der Waals surface area contributed by atoms with Gasteiger partial charge in [0.05, 0.1) is 22.5 Å². The Balaban J connectivity index is 0.000000205. The number of pyridine rings is 2. The Labute approximate surface area is 504 Å². The van der Waals surface area contributed by atoms with Crippen molar-refractivity contribution in [2.24, 2.45) is 0 Å². The van der Waals surface area contributed by atoms with Crippen molar-refractivity contribution in [1.29, 1.82) is 0 Å². The molecule has 2 atom stereocenters. The van der Waals surface area contributed by atoms with Crippen LogP contribution in [0.25, 0.3) is 33.6 Å². The number of benzene rings is 6. The predicted octanol–water partition coefficient (Wildman–Crippen LogP) is 11.0. The van der Waals surface area contributed by atoms with Crippen LogP contribution < -0.4 is 21.8 Å². The van der Waals surface area contributed by atoms with Crippen LogP contribution in [-0.4, -0.2) is 84.5 Å². The van der Waals surface area contributed by atoms with Crippen LogP contribution in [0.3, 0.4) is 0 Å². The zero-order chi connectivity index (χ0) is 61.1. The van der Waals surface area contributed by atoms with Gasteiger partial charge < -0.3 is 29.2 Å². The number of hydrogen-bond acceptors (Lipinski definition) is 14. The summed E-state index contributed by atoms with van der Waals surface area (Å²) in [6.45, 7) is 10.8. The van der Waals surface area contributed by atoms with Crippen molar-refractivity contribution in [1.82, 2.24) is 49.5 Å². The first-order valence-corrected chi connectivity index (χ1v) is 27.8. The molecule has 86 heavy (non-hydrogen) atoms. The van der Waals surface area contributed by atoms with Crippen molar-refractivity contribution in [2.75, 3.05) is 10.6 Å². The number of halogens is 2. The molecule has 4 heterocycles. The second kappa shape index (κ2) is 26.6. The first-order valence-electron chi connectivity index (χ1n) is 27.0. The fraction of sp³-hybridized carbons (Fsp3) is 0.188. The van der Waals surface area contributed by atoms with Crippen LogP contribution in [0.4, 0.5) is 11.4 Å². The molecule has 436 valence electrons. The molecular weight excluding hydrogens is 1140 g/mol. The summed E-state index contributed by atoms with van der Waals surface area (Å²) in [6.07, 6.45) is 6.65. The van der Waals surface area contributed by atoms with E-state index in [2.05, 4.69) is 41.7 Å². The summed E-state index contributed by atoms with van der Waals surface area (Å²) in [6, 6.07) is 46.9. The number of nitrogens with zero attached hydrogens (tertiary/aromatic N) is 10. The van der Waals surface area contributed by atoms with Gasteiger partial charge in [-0.25, -0.2) is 9.59 Å². The van der Waals surface area contributed by atoms with Crippen molar-refractivity contribution >= 4 is 58.3 Å². The molecule has 2 N–H and O–H groups in total. The first kappa shape index (κ1) is 60.4. The quantitative estimate of drug-likeness (QED) is 0.0855. The normalized spacial score (nSPS) is 12.0. The SMILES string of the molecule is CC(C)(C)OC(=O)c1ccc(NC(=O)[C@@H](Cc2ccccc2)n2ccc(-c3cc(Cl)ccc3-n3cnnn3)cc2=O)cc1.CC(C)(C)OC(=O)c1ccc(NC(=O)[C@H](Cc2ccccc2)n2ccc(-c3cc(Cl)ccc3-n3cnnn3)cc2=O)cc1. The van der Waals surface area contributed by atoms with Crippen LogP contribution in [-0.2, 0) is 31.9 Å². The third kappa shape index (κ3) is 15.7. The van der Waals surface area contributed by atoms with E-state index in [0.717, 1.165) is 11.1 Å². The lowest BCUT2D eigenvalue weighted by Crippen LogP contribution is -2.34. The summed E-state index contributed by atoms with van der Waals surface area (Å²) < 4.78 is 16.6. The van der Waals surface area contributed by atoms with Gasteiger partial charge in [-0.05, 0) is 182 Å². The van der Waals surface area contributed by atoms with E-state index in [-0.39, 0.29) is 35.8 Å². The number of hydrogen-bond donors (Lipinski definition) is 2. The Morgan fingerprint density at radius 1 is 0.488 bits per heavy atom. The topological polar surface area (TPSA) is 242 Å². The second-order valence-corrected chi connectivity index (χ2v) is 22.6. The summed E-state index contributed by atoms with van der Waals surface area (Å²) >= 11 is 12.6. The Kier molecular flexibility index (Phi) is 18.7. The molecule has 0 aliphatic rings. The van der Waals surface area contributed by atoms with Crippen LogP contribution in [0.2, 0.25) is 10.0 Å². The fourth-order valence-corrected chi connectivity index (χ4v) is 9.41. The van der Waals surface area contributed by atoms with Gasteiger partial charge in [-0.15, -0.1) is 10.2 Å². The van der Waals surface area contributed by atoms with Gasteiger partial charge in [0.1, 0.15) is 35.9 Å². The monoisotopic (exact) mass is 1190 g/mol. The largest absolute Gasteiger partial charge is 0.456 e. The van der Waals surface area contributed by atoms with E-state index in [1.165, 1.54) is 43.3 Å². The van der Waals surface area contributed by atoms with Crippen molar-refractivity contribution in [3.05, 3.63) is 248 Å². The second-order valence-electron chi connectivity index (χ2n) is 21.7. The number of tetrazole rings is 2. The number of ether oxygens (including phenoxy) is 2. The van der Waals surface area contributed by atoms with Crippen LogP contribution in [0.5, 0.6) is 0 Å². The van der Waals surface area contributed by atoms with Crippen LogP contribution in [0.1, 0.15) is 85.5 Å². The zero-order valence-corrected chi connectivity index (χ0v) is 49.1. The van der Waals surface area contributed by atoms with Crippen molar-refractivity contribution in [3.8, 4) is 33.6 Å². The lowest BCUT2D eigenvalue weighted by molar-refractivity contribution is -0.120. The van der Waals surface area contributed by atoms with Crippen molar-refractivity contribution in [2.45, 2.75) is 77.7 Å². The Hall–Kier alpha value is -10.2. The highest BCUT2D eigenvalue weighted by atomic mass is 35.5. The molecule has 10 rings (SSSR count). The molecule has 6 aromatic carbocycles. The fourth-order valence-electron chi connectivity index (χ4n) is 9.07. The third-order valence-corrected chi connectivity index (χ3v) is 13.5. The summed E-state index contributed by atoms with van der Waals surface area (Å²) in [4.78, 5) is 79.3. The maximum absolute atomic E-state index is 13.7. The number of anilines is 2. The molecule has 10 aromatic rings. The Morgan fingerprint density at radius 2 is 0.860 bits per heavy atom. The van der Waals surface area contributed by atoms with E-state index >= 15 is 0 Å². The van der Waals surface area contributed by atoms with E-state index in [9.17, 15) is 28.8 Å². The standard InChI is InChI=1S/2C32H29ClN6O4/c2*1-32(2,3)43-31(42)22-9-12-25(13-10-22)35-30(41)28(17-21-7-5-4-6-8-21)38-16-15-23(18-29(38)40)26-19-24(33)11-14-27(26)39-20-34-36-37-39/h2*4-16,18-20,28H,17H2,1-3H3,(H,35,41)/t2*28-/m10/s1. The predicted molar refractivity (Wildman–Crippen MR) is 327 cm³/mol. The molecule has 0 fully saturated rings. The number of rotatable bonds is 16. The summed E-state index contributed by atoms with van der Waals surface area (Å²) in [5.74, 6) is -1.69. The highest BCUT2D eigenvalue weighted by molar-refractivity contribution is 6.31.